The van der Waals surface area contributed by atoms with Gasteiger partial charge in [-0.2, -0.15) is 0 Å². The van der Waals surface area contributed by atoms with Crippen molar-refractivity contribution in [3.63, 3.8) is 0 Å². The minimum atomic E-state index is 0.174. The Balaban J connectivity index is 2.09. The van der Waals surface area contributed by atoms with Gasteiger partial charge in [-0.1, -0.05) is 0 Å². The quantitative estimate of drug-likeness (QED) is 0.750. The molecule has 1 unspecified atom stereocenters. The zero-order chi connectivity index (χ0) is 11.8. The molecule has 0 saturated carbocycles. The number of ether oxygens (including phenoxy) is 2. The van der Waals surface area contributed by atoms with Gasteiger partial charge in [0.15, 0.2) is 0 Å². The van der Waals surface area contributed by atoms with Crippen LogP contribution in [-0.4, -0.2) is 33.0 Å². The second-order valence-corrected chi connectivity index (χ2v) is 5.50. The highest BCUT2D eigenvalue weighted by Gasteiger charge is 2.06. The lowest BCUT2D eigenvalue weighted by Gasteiger charge is -2.10. The molecule has 0 fully saturated rings. The van der Waals surface area contributed by atoms with Gasteiger partial charge in [0.2, 0.25) is 0 Å². The van der Waals surface area contributed by atoms with Crippen molar-refractivity contribution in [2.45, 2.75) is 18.9 Å². The average Bonchev–Trinajstić information content (AvgIpc) is 2.63. The molecule has 0 aliphatic rings. The fraction of sp³-hybridized carbons (Fsp3) is 0.636. The van der Waals surface area contributed by atoms with Crippen LogP contribution in [0.15, 0.2) is 15.9 Å². The molecular formula is C11H18BrNO2S. The molecule has 92 valence electrons. The van der Waals surface area contributed by atoms with Crippen molar-refractivity contribution in [1.29, 1.82) is 0 Å². The summed E-state index contributed by atoms with van der Waals surface area (Å²) in [5, 5.41) is 2.08. The van der Waals surface area contributed by atoms with Gasteiger partial charge < -0.3 is 15.2 Å². The van der Waals surface area contributed by atoms with E-state index in [2.05, 4.69) is 27.4 Å². The molecule has 0 aliphatic carbocycles. The number of halogens is 1. The SMILES string of the molecule is COCCOCCC(N)Cc1cc(Br)cs1. The van der Waals surface area contributed by atoms with Gasteiger partial charge in [-0.15, -0.1) is 11.3 Å². The molecule has 2 N–H and O–H groups in total. The van der Waals surface area contributed by atoms with Crippen molar-refractivity contribution in [2.24, 2.45) is 5.73 Å². The van der Waals surface area contributed by atoms with E-state index in [-0.39, 0.29) is 6.04 Å². The number of hydrogen-bond acceptors (Lipinski definition) is 4. The normalized spacial score (nSPS) is 12.9. The summed E-state index contributed by atoms with van der Waals surface area (Å²) >= 11 is 5.17. The van der Waals surface area contributed by atoms with Gasteiger partial charge in [-0.05, 0) is 34.8 Å². The number of thiophene rings is 1. The van der Waals surface area contributed by atoms with E-state index in [0.29, 0.717) is 19.8 Å². The van der Waals surface area contributed by atoms with Gasteiger partial charge in [0.25, 0.3) is 0 Å². The Morgan fingerprint density at radius 1 is 1.44 bits per heavy atom. The molecule has 0 amide bonds. The predicted molar refractivity (Wildman–Crippen MR) is 71.0 cm³/mol. The zero-order valence-electron chi connectivity index (χ0n) is 9.45. The van der Waals surface area contributed by atoms with Crippen LogP contribution in [0.1, 0.15) is 11.3 Å². The molecule has 1 heterocycles. The lowest BCUT2D eigenvalue weighted by molar-refractivity contribution is 0.0672. The molecule has 1 rings (SSSR count). The summed E-state index contributed by atoms with van der Waals surface area (Å²) in [4.78, 5) is 1.32. The van der Waals surface area contributed by atoms with Crippen molar-refractivity contribution >= 4 is 27.3 Å². The fourth-order valence-corrected chi connectivity index (χ4v) is 2.85. The van der Waals surface area contributed by atoms with Crippen LogP contribution < -0.4 is 5.73 Å². The maximum atomic E-state index is 6.01. The molecule has 1 atom stereocenters. The van der Waals surface area contributed by atoms with Gasteiger partial charge in [0.05, 0.1) is 13.2 Å². The van der Waals surface area contributed by atoms with Crippen molar-refractivity contribution in [3.05, 3.63) is 20.8 Å². The van der Waals surface area contributed by atoms with Gasteiger partial charge in [0.1, 0.15) is 0 Å². The second-order valence-electron chi connectivity index (χ2n) is 3.59. The van der Waals surface area contributed by atoms with Crippen molar-refractivity contribution in [3.8, 4) is 0 Å². The highest BCUT2D eigenvalue weighted by molar-refractivity contribution is 9.10. The first-order valence-electron chi connectivity index (χ1n) is 5.27. The Morgan fingerprint density at radius 3 is 2.88 bits per heavy atom. The van der Waals surface area contributed by atoms with Crippen LogP contribution >= 0.6 is 27.3 Å². The molecule has 0 spiro atoms. The summed E-state index contributed by atoms with van der Waals surface area (Å²) in [7, 11) is 1.67. The van der Waals surface area contributed by atoms with E-state index in [1.807, 2.05) is 0 Å². The summed E-state index contributed by atoms with van der Waals surface area (Å²) in [6.07, 6.45) is 1.81. The van der Waals surface area contributed by atoms with E-state index in [1.165, 1.54) is 4.88 Å². The highest BCUT2D eigenvalue weighted by atomic mass is 79.9. The first kappa shape index (κ1) is 14.1. The van der Waals surface area contributed by atoms with Gasteiger partial charge in [0, 0.05) is 34.5 Å². The molecule has 0 radical (unpaired) electrons. The van der Waals surface area contributed by atoms with Crippen molar-refractivity contribution in [2.75, 3.05) is 26.9 Å². The first-order chi connectivity index (χ1) is 7.72. The van der Waals surface area contributed by atoms with E-state index in [9.17, 15) is 0 Å². The minimum absolute atomic E-state index is 0.174. The minimum Gasteiger partial charge on any atom is -0.382 e. The van der Waals surface area contributed by atoms with Gasteiger partial charge in [-0.3, -0.25) is 0 Å². The maximum Gasteiger partial charge on any atom is 0.0700 e. The highest BCUT2D eigenvalue weighted by Crippen LogP contribution is 2.21. The molecule has 0 aliphatic heterocycles. The summed E-state index contributed by atoms with van der Waals surface area (Å²) in [6.45, 7) is 2.00. The molecule has 0 aromatic carbocycles. The zero-order valence-corrected chi connectivity index (χ0v) is 11.9. The lowest BCUT2D eigenvalue weighted by Crippen LogP contribution is -2.24. The van der Waals surface area contributed by atoms with Crippen LogP contribution in [0.25, 0.3) is 0 Å². The van der Waals surface area contributed by atoms with E-state index in [0.717, 1.165) is 17.3 Å². The molecule has 0 bridgehead atoms. The van der Waals surface area contributed by atoms with Crippen molar-refractivity contribution in [1.82, 2.24) is 0 Å². The predicted octanol–water partition coefficient (Wildman–Crippen LogP) is 2.43. The number of methoxy groups -OCH3 is 1. The number of hydrogen-bond donors (Lipinski definition) is 1. The van der Waals surface area contributed by atoms with Crippen molar-refractivity contribution < 1.29 is 9.47 Å². The topological polar surface area (TPSA) is 44.5 Å². The number of rotatable bonds is 8. The van der Waals surface area contributed by atoms with E-state index in [4.69, 9.17) is 15.2 Å². The standard InChI is InChI=1S/C11H18BrNO2S/c1-14-4-5-15-3-2-10(13)7-11-6-9(12)8-16-11/h6,8,10H,2-5,7,13H2,1H3. The Kier molecular flexibility index (Phi) is 7.23. The Bertz CT molecular complexity index is 293. The lowest BCUT2D eigenvalue weighted by atomic mass is 10.1. The third kappa shape index (κ3) is 5.96. The monoisotopic (exact) mass is 307 g/mol. The number of nitrogens with two attached hydrogens (primary N) is 1. The summed E-state index contributed by atoms with van der Waals surface area (Å²) in [6, 6.07) is 2.30. The second kappa shape index (κ2) is 8.20. The first-order valence-corrected chi connectivity index (χ1v) is 6.95. The van der Waals surface area contributed by atoms with Crippen LogP contribution in [-0.2, 0) is 15.9 Å². The summed E-state index contributed by atoms with van der Waals surface area (Å²) < 4.78 is 11.4. The molecular weight excluding hydrogens is 290 g/mol. The summed E-state index contributed by atoms with van der Waals surface area (Å²) in [5.41, 5.74) is 6.01. The average molecular weight is 308 g/mol. The molecule has 1 aromatic heterocycles. The Labute approximate surface area is 109 Å². The molecule has 1 aromatic rings. The maximum absolute atomic E-state index is 6.01. The molecule has 16 heavy (non-hydrogen) atoms. The molecule has 0 saturated heterocycles. The Morgan fingerprint density at radius 2 is 2.25 bits per heavy atom. The van der Waals surface area contributed by atoms with Crippen LogP contribution in [0.3, 0.4) is 0 Å². The van der Waals surface area contributed by atoms with Crippen LogP contribution in [0, 0.1) is 0 Å². The smallest absolute Gasteiger partial charge is 0.0700 e. The molecule has 3 nitrogen and oxygen atoms in total. The van der Waals surface area contributed by atoms with E-state index >= 15 is 0 Å². The van der Waals surface area contributed by atoms with Crippen LogP contribution in [0.4, 0.5) is 0 Å². The Hall–Kier alpha value is 0.0600. The van der Waals surface area contributed by atoms with Crippen LogP contribution in [0.2, 0.25) is 0 Å². The van der Waals surface area contributed by atoms with Crippen LogP contribution in [0.5, 0.6) is 0 Å². The van der Waals surface area contributed by atoms with E-state index in [1.54, 1.807) is 18.4 Å². The molecule has 5 heteroatoms. The third-order valence-corrected chi connectivity index (χ3v) is 3.87. The summed E-state index contributed by atoms with van der Waals surface area (Å²) in [5.74, 6) is 0. The van der Waals surface area contributed by atoms with Gasteiger partial charge in [-0.25, -0.2) is 0 Å². The fourth-order valence-electron chi connectivity index (χ4n) is 1.30. The van der Waals surface area contributed by atoms with E-state index < -0.39 is 0 Å². The van der Waals surface area contributed by atoms with Gasteiger partial charge >= 0.3 is 0 Å². The third-order valence-electron chi connectivity index (χ3n) is 2.15. The largest absolute Gasteiger partial charge is 0.382 e.